The average molecular weight is 457 g/mol. The van der Waals surface area contributed by atoms with Crippen molar-refractivity contribution in [3.8, 4) is 0 Å². The van der Waals surface area contributed by atoms with Crippen molar-refractivity contribution < 1.29 is 32.3 Å². The Morgan fingerprint density at radius 3 is 2.65 bits per heavy atom. The van der Waals surface area contributed by atoms with Gasteiger partial charge in [-0.25, -0.2) is 18.0 Å². The molecule has 1 saturated heterocycles. The van der Waals surface area contributed by atoms with Gasteiger partial charge in [-0.3, -0.25) is 10.1 Å². The highest BCUT2D eigenvalue weighted by Gasteiger charge is 2.28. The van der Waals surface area contributed by atoms with Crippen molar-refractivity contribution in [3.63, 3.8) is 0 Å². The van der Waals surface area contributed by atoms with Gasteiger partial charge in [0.2, 0.25) is 10.0 Å². The summed E-state index contributed by atoms with van der Waals surface area (Å²) < 4.78 is 36.5. The molecule has 2 unspecified atom stereocenters. The molecule has 11 nitrogen and oxygen atoms in total. The Bertz CT molecular complexity index is 908. The van der Waals surface area contributed by atoms with Gasteiger partial charge in [0, 0.05) is 25.3 Å². The second kappa shape index (κ2) is 10.2. The summed E-state index contributed by atoms with van der Waals surface area (Å²) in [5.41, 5.74) is -0.111. The van der Waals surface area contributed by atoms with E-state index in [1.165, 1.54) is 10.5 Å². The van der Waals surface area contributed by atoms with E-state index in [2.05, 4.69) is 22.5 Å². The number of carbonyl (C=O) groups is 3. The highest BCUT2D eigenvalue weighted by Crippen LogP contribution is 2.23. The van der Waals surface area contributed by atoms with Crippen LogP contribution in [0.4, 0.5) is 4.79 Å². The number of H-pyrrole nitrogens is 1. The van der Waals surface area contributed by atoms with E-state index in [-0.39, 0.29) is 29.7 Å². The molecule has 31 heavy (non-hydrogen) atoms. The fourth-order valence-electron chi connectivity index (χ4n) is 3.68. The first-order valence-corrected chi connectivity index (χ1v) is 11.7. The number of ether oxygens (including phenoxy) is 2. The second-order valence-electron chi connectivity index (χ2n) is 7.73. The van der Waals surface area contributed by atoms with Crippen LogP contribution in [0.5, 0.6) is 0 Å². The monoisotopic (exact) mass is 456 g/mol. The van der Waals surface area contributed by atoms with Crippen LogP contribution >= 0.6 is 0 Å². The van der Waals surface area contributed by atoms with Gasteiger partial charge < -0.3 is 19.8 Å². The largest absolute Gasteiger partial charge is 0.451 e. The van der Waals surface area contributed by atoms with Crippen LogP contribution in [0.1, 0.15) is 43.1 Å². The van der Waals surface area contributed by atoms with Crippen molar-refractivity contribution in [1.82, 2.24) is 19.9 Å². The Balaban J connectivity index is 1.47. The predicted octanol–water partition coefficient (Wildman–Crippen LogP) is 0.597. The topological polar surface area (TPSA) is 147 Å². The van der Waals surface area contributed by atoms with Gasteiger partial charge in [0.1, 0.15) is 10.6 Å². The number of morpholine rings is 1. The molecule has 2 fully saturated rings. The smallest absolute Gasteiger partial charge is 0.355 e. The number of esters is 1. The molecule has 1 aromatic rings. The molecule has 1 aromatic heterocycles. The van der Waals surface area contributed by atoms with Gasteiger partial charge in [0.05, 0.1) is 13.2 Å². The summed E-state index contributed by atoms with van der Waals surface area (Å²) in [6.45, 7) is 2.46. The molecular weight excluding hydrogens is 428 g/mol. The molecule has 0 spiro atoms. The molecule has 3 rings (SSSR count). The maximum absolute atomic E-state index is 12.6. The summed E-state index contributed by atoms with van der Waals surface area (Å²) in [4.78, 5) is 38.5. The zero-order chi connectivity index (χ0) is 22.4. The lowest BCUT2D eigenvalue weighted by molar-refractivity contribution is -0.123. The number of urea groups is 1. The Hall–Kier alpha value is -2.44. The molecule has 0 bridgehead atoms. The summed E-state index contributed by atoms with van der Waals surface area (Å²) in [6, 6.07) is 0.538. The van der Waals surface area contributed by atoms with Crippen LogP contribution < -0.4 is 10.6 Å². The van der Waals surface area contributed by atoms with E-state index in [1.807, 2.05) is 0 Å². The Labute approximate surface area is 180 Å². The quantitative estimate of drug-likeness (QED) is 0.531. The lowest BCUT2D eigenvalue weighted by atomic mass is 9.86. The molecule has 2 aliphatic rings. The van der Waals surface area contributed by atoms with Gasteiger partial charge in [-0.1, -0.05) is 19.8 Å². The molecule has 2 heterocycles. The third-order valence-electron chi connectivity index (χ3n) is 5.50. The van der Waals surface area contributed by atoms with Gasteiger partial charge in [-0.05, 0) is 24.8 Å². The fraction of sp³-hybridized carbons (Fsp3) is 0.632. The van der Waals surface area contributed by atoms with Crippen LogP contribution in [0.15, 0.2) is 17.2 Å². The molecule has 1 aliphatic carbocycles. The number of hydrogen-bond acceptors (Lipinski definition) is 7. The zero-order valence-corrected chi connectivity index (χ0v) is 18.2. The van der Waals surface area contributed by atoms with Crippen molar-refractivity contribution in [3.05, 3.63) is 18.0 Å². The molecule has 2 atom stereocenters. The number of rotatable bonds is 6. The van der Waals surface area contributed by atoms with Gasteiger partial charge in [0.15, 0.2) is 6.61 Å². The average Bonchev–Trinajstić information content (AvgIpc) is 3.25. The fourth-order valence-corrected chi connectivity index (χ4v) is 5.09. The summed E-state index contributed by atoms with van der Waals surface area (Å²) in [7, 11) is -3.76. The van der Waals surface area contributed by atoms with Gasteiger partial charge >= 0.3 is 12.0 Å². The maximum Gasteiger partial charge on any atom is 0.355 e. The van der Waals surface area contributed by atoms with E-state index < -0.39 is 34.5 Å². The molecule has 12 heteroatoms. The number of aromatic nitrogens is 1. The van der Waals surface area contributed by atoms with E-state index in [0.717, 1.165) is 31.7 Å². The Morgan fingerprint density at radius 1 is 1.23 bits per heavy atom. The minimum atomic E-state index is -3.76. The maximum atomic E-state index is 12.6. The lowest BCUT2D eigenvalue weighted by Gasteiger charge is -2.29. The summed E-state index contributed by atoms with van der Waals surface area (Å²) in [5, 5.41) is 4.91. The normalized spacial score (nSPS) is 22.5. The van der Waals surface area contributed by atoms with Gasteiger partial charge in [0.25, 0.3) is 5.91 Å². The van der Waals surface area contributed by atoms with Crippen LogP contribution in [-0.2, 0) is 24.3 Å². The summed E-state index contributed by atoms with van der Waals surface area (Å²) in [6.07, 6.45) is 5.24. The second-order valence-corrected chi connectivity index (χ2v) is 9.67. The van der Waals surface area contributed by atoms with Crippen LogP contribution in [0.25, 0.3) is 0 Å². The number of aromatic amines is 1. The minimum Gasteiger partial charge on any atom is -0.451 e. The van der Waals surface area contributed by atoms with Crippen LogP contribution in [0, 0.1) is 5.92 Å². The summed E-state index contributed by atoms with van der Waals surface area (Å²) in [5.74, 6) is -1.34. The molecule has 1 saturated carbocycles. The first-order valence-electron chi connectivity index (χ1n) is 10.3. The number of imide groups is 1. The first kappa shape index (κ1) is 23.2. The third kappa shape index (κ3) is 6.05. The SMILES string of the molecule is CC1CCCCC1NC(=O)NC(=O)COC(=O)c1cc(S(=O)(=O)N2CCOCC2)c[nH]1. The standard InChI is InChI=1S/C19H28N4O7S/c1-13-4-2-3-5-15(13)21-19(26)22-17(24)12-30-18(25)16-10-14(11-20-16)31(27,28)23-6-8-29-9-7-23/h10-11,13,15,20H,2-9,12H2,1H3,(H2,21,22,24,26). The van der Waals surface area contributed by atoms with E-state index in [0.29, 0.717) is 19.1 Å². The van der Waals surface area contributed by atoms with Gasteiger partial charge in [-0.15, -0.1) is 0 Å². The predicted molar refractivity (Wildman–Crippen MR) is 109 cm³/mol. The molecule has 172 valence electrons. The van der Waals surface area contributed by atoms with Crippen molar-refractivity contribution in [2.45, 2.75) is 43.5 Å². The number of sulfonamides is 1. The number of nitrogens with one attached hydrogen (secondary N) is 3. The van der Waals surface area contributed by atoms with E-state index in [4.69, 9.17) is 9.47 Å². The van der Waals surface area contributed by atoms with Crippen LogP contribution in [0.3, 0.4) is 0 Å². The molecule has 0 radical (unpaired) electrons. The third-order valence-corrected chi connectivity index (χ3v) is 7.38. The Kier molecular flexibility index (Phi) is 7.68. The zero-order valence-electron chi connectivity index (χ0n) is 17.4. The van der Waals surface area contributed by atoms with Crippen LogP contribution in [-0.4, -0.2) is 74.6 Å². The lowest BCUT2D eigenvalue weighted by Crippen LogP contribution is -2.48. The molecule has 1 aliphatic heterocycles. The molecule has 3 amide bonds. The van der Waals surface area contributed by atoms with Gasteiger partial charge in [-0.2, -0.15) is 4.31 Å². The number of carbonyl (C=O) groups excluding carboxylic acids is 3. The Morgan fingerprint density at radius 2 is 1.94 bits per heavy atom. The summed E-state index contributed by atoms with van der Waals surface area (Å²) >= 11 is 0. The van der Waals surface area contributed by atoms with E-state index in [1.54, 1.807) is 0 Å². The number of hydrogen-bond donors (Lipinski definition) is 3. The van der Waals surface area contributed by atoms with Crippen LogP contribution in [0.2, 0.25) is 0 Å². The number of nitrogens with zero attached hydrogens (tertiary/aromatic N) is 1. The molecular formula is C19H28N4O7S. The molecule has 3 N–H and O–H groups in total. The van der Waals surface area contributed by atoms with Crippen molar-refractivity contribution in [1.29, 1.82) is 0 Å². The minimum absolute atomic E-state index is 0.00913. The van der Waals surface area contributed by atoms with E-state index >= 15 is 0 Å². The van der Waals surface area contributed by atoms with Crippen molar-refractivity contribution in [2.75, 3.05) is 32.9 Å². The van der Waals surface area contributed by atoms with Crippen molar-refractivity contribution >= 4 is 27.9 Å². The molecule has 0 aromatic carbocycles. The van der Waals surface area contributed by atoms with E-state index in [9.17, 15) is 22.8 Å². The van der Waals surface area contributed by atoms with Crippen molar-refractivity contribution in [2.24, 2.45) is 5.92 Å². The number of amides is 3. The first-order chi connectivity index (χ1) is 14.8. The highest BCUT2D eigenvalue weighted by molar-refractivity contribution is 7.89. The highest BCUT2D eigenvalue weighted by atomic mass is 32.2.